The fourth-order valence-corrected chi connectivity index (χ4v) is 2.71. The highest BCUT2D eigenvalue weighted by atomic mass is 35.5. The van der Waals surface area contributed by atoms with Gasteiger partial charge in [0, 0.05) is 16.7 Å². The van der Waals surface area contributed by atoms with Crippen LogP contribution in [-0.4, -0.2) is 9.78 Å². The first-order valence-electron chi connectivity index (χ1n) is 6.61. The zero-order valence-electron chi connectivity index (χ0n) is 11.7. The van der Waals surface area contributed by atoms with E-state index in [0.717, 1.165) is 22.5 Å². The van der Waals surface area contributed by atoms with Crippen LogP contribution in [0.4, 0.5) is 0 Å². The van der Waals surface area contributed by atoms with Gasteiger partial charge in [0.1, 0.15) is 6.07 Å². The number of aromatic nitrogens is 2. The molecule has 0 unspecified atom stereocenters. The molecule has 1 heterocycles. The lowest BCUT2D eigenvalue weighted by Gasteiger charge is -2.09. The van der Waals surface area contributed by atoms with Gasteiger partial charge >= 0.3 is 0 Å². The highest BCUT2D eigenvalue weighted by Gasteiger charge is 2.14. The molecule has 2 aromatic carbocycles. The smallest absolute Gasteiger partial charge is 0.163 e. The van der Waals surface area contributed by atoms with Gasteiger partial charge in [-0.1, -0.05) is 40.9 Å². The van der Waals surface area contributed by atoms with E-state index in [4.69, 9.17) is 28.5 Å². The van der Waals surface area contributed by atoms with Gasteiger partial charge in [0.2, 0.25) is 0 Å². The van der Waals surface area contributed by atoms with E-state index in [1.54, 1.807) is 22.9 Å². The van der Waals surface area contributed by atoms with Crippen LogP contribution in [0.2, 0.25) is 10.0 Å². The second-order valence-electron chi connectivity index (χ2n) is 4.90. The molecule has 0 aliphatic heterocycles. The summed E-state index contributed by atoms with van der Waals surface area (Å²) in [6.45, 7) is 2.02. The predicted molar refractivity (Wildman–Crippen MR) is 88.5 cm³/mol. The van der Waals surface area contributed by atoms with Crippen LogP contribution in [0, 0.1) is 18.3 Å². The quantitative estimate of drug-likeness (QED) is 0.662. The third kappa shape index (κ3) is 2.71. The second-order valence-corrected chi connectivity index (χ2v) is 5.74. The average molecular weight is 328 g/mol. The second kappa shape index (κ2) is 5.84. The molecule has 3 rings (SSSR count). The van der Waals surface area contributed by atoms with E-state index in [1.807, 2.05) is 37.3 Å². The molecule has 0 bridgehead atoms. The Morgan fingerprint density at radius 1 is 1.05 bits per heavy atom. The van der Waals surface area contributed by atoms with Crippen molar-refractivity contribution in [3.8, 4) is 23.0 Å². The Balaban J connectivity index is 2.21. The van der Waals surface area contributed by atoms with E-state index in [9.17, 15) is 0 Å². The Bertz CT molecular complexity index is 874. The summed E-state index contributed by atoms with van der Waals surface area (Å²) in [6.07, 6.45) is 0. The molecule has 0 radical (unpaired) electrons. The Morgan fingerprint density at radius 2 is 1.77 bits per heavy atom. The number of hydrogen-bond donors (Lipinski definition) is 0. The summed E-state index contributed by atoms with van der Waals surface area (Å²) in [7, 11) is 0. The number of nitrogens with zero attached hydrogens (tertiary/aromatic N) is 3. The minimum atomic E-state index is 0.335. The zero-order chi connectivity index (χ0) is 15.7. The van der Waals surface area contributed by atoms with Crippen LogP contribution < -0.4 is 0 Å². The van der Waals surface area contributed by atoms with Crippen molar-refractivity contribution in [1.29, 1.82) is 5.26 Å². The minimum Gasteiger partial charge on any atom is -0.232 e. The summed E-state index contributed by atoms with van der Waals surface area (Å²) >= 11 is 12.2. The number of aryl methyl sites for hydroxylation is 1. The Morgan fingerprint density at radius 3 is 2.41 bits per heavy atom. The van der Waals surface area contributed by atoms with Gasteiger partial charge < -0.3 is 0 Å². The molecule has 0 aliphatic carbocycles. The van der Waals surface area contributed by atoms with Gasteiger partial charge in [-0.25, -0.2) is 4.68 Å². The van der Waals surface area contributed by atoms with Crippen molar-refractivity contribution in [3.63, 3.8) is 0 Å². The molecule has 5 heteroatoms. The van der Waals surface area contributed by atoms with Crippen molar-refractivity contribution in [1.82, 2.24) is 9.78 Å². The lowest BCUT2D eigenvalue weighted by molar-refractivity contribution is 0.880. The lowest BCUT2D eigenvalue weighted by atomic mass is 10.1. The molecule has 0 saturated carbocycles. The van der Waals surface area contributed by atoms with Crippen LogP contribution >= 0.6 is 23.2 Å². The Hall–Kier alpha value is -2.28. The molecule has 0 fully saturated rings. The third-order valence-electron chi connectivity index (χ3n) is 3.31. The van der Waals surface area contributed by atoms with Gasteiger partial charge in [0.15, 0.2) is 5.69 Å². The number of benzene rings is 2. The Kier molecular flexibility index (Phi) is 3.89. The molecule has 108 valence electrons. The molecule has 3 aromatic rings. The van der Waals surface area contributed by atoms with E-state index in [1.165, 1.54) is 0 Å². The van der Waals surface area contributed by atoms with E-state index in [2.05, 4.69) is 11.2 Å². The molecule has 0 saturated heterocycles. The number of halogens is 2. The van der Waals surface area contributed by atoms with Crippen LogP contribution in [-0.2, 0) is 0 Å². The first kappa shape index (κ1) is 14.6. The van der Waals surface area contributed by atoms with Crippen molar-refractivity contribution >= 4 is 23.2 Å². The van der Waals surface area contributed by atoms with E-state index >= 15 is 0 Å². The van der Waals surface area contributed by atoms with Crippen molar-refractivity contribution in [2.24, 2.45) is 0 Å². The highest BCUT2D eigenvalue weighted by Crippen LogP contribution is 2.32. The molecule has 0 aliphatic rings. The summed E-state index contributed by atoms with van der Waals surface area (Å²) in [5, 5.41) is 14.6. The molecule has 0 atom stereocenters. The van der Waals surface area contributed by atoms with Crippen molar-refractivity contribution in [2.75, 3.05) is 0 Å². The fraction of sp³-hybridized carbons (Fsp3) is 0.0588. The maximum Gasteiger partial charge on any atom is 0.163 e. The fourth-order valence-electron chi connectivity index (χ4n) is 2.21. The van der Waals surface area contributed by atoms with E-state index < -0.39 is 0 Å². The van der Waals surface area contributed by atoms with Gasteiger partial charge in [-0.15, -0.1) is 0 Å². The molecular weight excluding hydrogens is 317 g/mol. The number of nitriles is 1. The molecule has 0 N–H and O–H groups in total. The molecule has 0 amide bonds. The number of hydrogen-bond acceptors (Lipinski definition) is 2. The topological polar surface area (TPSA) is 41.6 Å². The third-order valence-corrected chi connectivity index (χ3v) is 3.86. The van der Waals surface area contributed by atoms with Crippen molar-refractivity contribution in [3.05, 3.63) is 69.8 Å². The maximum atomic E-state index is 9.15. The van der Waals surface area contributed by atoms with Gasteiger partial charge in [0.05, 0.1) is 16.4 Å². The van der Waals surface area contributed by atoms with Gasteiger partial charge in [-0.2, -0.15) is 10.4 Å². The summed E-state index contributed by atoms with van der Waals surface area (Å²) in [4.78, 5) is 0. The average Bonchev–Trinajstić information content (AvgIpc) is 2.92. The van der Waals surface area contributed by atoms with Gasteiger partial charge in [-0.3, -0.25) is 0 Å². The first-order valence-corrected chi connectivity index (χ1v) is 7.37. The lowest BCUT2D eigenvalue weighted by Crippen LogP contribution is -1.99. The molecule has 22 heavy (non-hydrogen) atoms. The summed E-state index contributed by atoms with van der Waals surface area (Å²) in [5.41, 5.74) is 3.89. The highest BCUT2D eigenvalue weighted by molar-refractivity contribution is 6.36. The summed E-state index contributed by atoms with van der Waals surface area (Å²) in [6, 6.07) is 17.0. The Labute approximate surface area is 138 Å². The summed E-state index contributed by atoms with van der Waals surface area (Å²) < 4.78 is 1.72. The normalized spacial score (nSPS) is 10.5. The van der Waals surface area contributed by atoms with Crippen LogP contribution in [0.25, 0.3) is 16.9 Å². The monoisotopic (exact) mass is 327 g/mol. The predicted octanol–water partition coefficient (Wildman–Crippen LogP) is 5.03. The molecule has 1 aromatic heterocycles. The summed E-state index contributed by atoms with van der Waals surface area (Å²) in [5.74, 6) is 0. The van der Waals surface area contributed by atoms with Gasteiger partial charge in [0.25, 0.3) is 0 Å². The van der Waals surface area contributed by atoms with Crippen LogP contribution in [0.3, 0.4) is 0 Å². The van der Waals surface area contributed by atoms with Crippen molar-refractivity contribution < 1.29 is 0 Å². The van der Waals surface area contributed by atoms with E-state index in [0.29, 0.717) is 15.7 Å². The first-order chi connectivity index (χ1) is 10.6. The van der Waals surface area contributed by atoms with Crippen LogP contribution in [0.1, 0.15) is 11.3 Å². The molecular formula is C17H11Cl2N3. The van der Waals surface area contributed by atoms with E-state index in [-0.39, 0.29) is 0 Å². The number of rotatable bonds is 2. The van der Waals surface area contributed by atoms with Crippen LogP contribution in [0.15, 0.2) is 48.5 Å². The zero-order valence-corrected chi connectivity index (χ0v) is 13.2. The molecule has 0 spiro atoms. The van der Waals surface area contributed by atoms with Crippen LogP contribution in [0.5, 0.6) is 0 Å². The van der Waals surface area contributed by atoms with Crippen molar-refractivity contribution in [2.45, 2.75) is 6.92 Å². The van der Waals surface area contributed by atoms with Gasteiger partial charge in [-0.05, 0) is 37.3 Å². The minimum absolute atomic E-state index is 0.335. The SMILES string of the molecule is Cc1ccc(-n2nc(C#N)cc2-c2ccc(Cl)cc2Cl)cc1. The maximum absolute atomic E-state index is 9.15. The molecule has 3 nitrogen and oxygen atoms in total. The largest absolute Gasteiger partial charge is 0.232 e. The standard InChI is InChI=1S/C17H11Cl2N3/c1-11-2-5-14(6-3-11)22-17(9-13(10-20)21-22)15-7-4-12(18)8-16(15)19/h2-9H,1H3.